The summed E-state index contributed by atoms with van der Waals surface area (Å²) >= 11 is 0.810. The first-order valence-corrected chi connectivity index (χ1v) is 9.10. The third kappa shape index (κ3) is 7.62. The van der Waals surface area contributed by atoms with Gasteiger partial charge >= 0.3 is 6.18 Å². The maximum Gasteiger partial charge on any atom is 0.417 e. The third-order valence-electron chi connectivity index (χ3n) is 3.28. The highest BCUT2D eigenvalue weighted by atomic mass is 32.2. The highest BCUT2D eigenvalue weighted by Crippen LogP contribution is 2.35. The number of halogens is 3. The lowest BCUT2D eigenvalue weighted by molar-refractivity contribution is -0.138. The lowest BCUT2D eigenvalue weighted by Crippen LogP contribution is -2.29. The van der Waals surface area contributed by atoms with Gasteiger partial charge in [-0.3, -0.25) is 4.79 Å². The van der Waals surface area contributed by atoms with Gasteiger partial charge < -0.3 is 10.1 Å². The number of thioether (sulfide) groups is 1. The van der Waals surface area contributed by atoms with E-state index in [2.05, 4.69) is 24.1 Å². The van der Waals surface area contributed by atoms with Crippen molar-refractivity contribution in [2.24, 2.45) is 5.92 Å². The van der Waals surface area contributed by atoms with Gasteiger partial charge in [-0.2, -0.15) is 18.4 Å². The van der Waals surface area contributed by atoms with E-state index in [0.29, 0.717) is 25.7 Å². The number of carbonyl (C=O) groups excluding carboxylic acids is 1. The first-order chi connectivity index (χ1) is 12.1. The second kappa shape index (κ2) is 10.4. The molecular weight excluding hydrogens is 367 g/mol. The molecule has 0 atom stereocenters. The number of nitriles is 1. The van der Waals surface area contributed by atoms with Crippen LogP contribution in [0.5, 0.6) is 0 Å². The molecule has 0 aliphatic carbocycles. The summed E-state index contributed by atoms with van der Waals surface area (Å²) < 4.78 is 44.5. The molecule has 0 aromatic carbocycles. The summed E-state index contributed by atoms with van der Waals surface area (Å²) in [6.07, 6.45) is -3.72. The van der Waals surface area contributed by atoms with Gasteiger partial charge in [0.15, 0.2) is 0 Å². The van der Waals surface area contributed by atoms with Crippen LogP contribution in [-0.2, 0) is 15.7 Å². The fourth-order valence-corrected chi connectivity index (χ4v) is 2.83. The van der Waals surface area contributed by atoms with Gasteiger partial charge in [0.2, 0.25) is 5.91 Å². The first kappa shape index (κ1) is 22.3. The van der Waals surface area contributed by atoms with E-state index in [1.807, 2.05) is 0 Å². The van der Waals surface area contributed by atoms with E-state index in [-0.39, 0.29) is 22.4 Å². The van der Waals surface area contributed by atoms with Crippen molar-refractivity contribution in [3.63, 3.8) is 0 Å². The number of alkyl halides is 3. The molecule has 1 amide bonds. The molecule has 0 unspecified atom stereocenters. The number of aryl methyl sites for hydroxylation is 1. The fourth-order valence-electron chi connectivity index (χ4n) is 1.95. The van der Waals surface area contributed by atoms with Crippen molar-refractivity contribution >= 4 is 17.7 Å². The van der Waals surface area contributed by atoms with Gasteiger partial charge in [0.05, 0.1) is 23.5 Å². The van der Waals surface area contributed by atoms with Crippen molar-refractivity contribution in [3.8, 4) is 6.07 Å². The number of hydrogen-bond acceptors (Lipinski definition) is 5. The molecule has 0 spiro atoms. The van der Waals surface area contributed by atoms with Gasteiger partial charge in [0, 0.05) is 18.8 Å². The SMILES string of the molecule is Cc1cc(C(F)(F)F)c(C#N)c(SCC(=O)NCCOCCC(C)C)n1. The largest absolute Gasteiger partial charge is 0.417 e. The van der Waals surface area contributed by atoms with Crippen LogP contribution in [0.15, 0.2) is 11.1 Å². The maximum absolute atomic E-state index is 13.0. The molecule has 1 heterocycles. The van der Waals surface area contributed by atoms with Gasteiger partial charge in [-0.15, -0.1) is 0 Å². The molecule has 1 N–H and O–H groups in total. The minimum atomic E-state index is -4.65. The Morgan fingerprint density at radius 2 is 2.12 bits per heavy atom. The molecule has 0 saturated carbocycles. The Morgan fingerprint density at radius 3 is 2.69 bits per heavy atom. The van der Waals surface area contributed by atoms with Gasteiger partial charge in [-0.25, -0.2) is 4.98 Å². The minimum absolute atomic E-state index is 0.0943. The second-order valence-electron chi connectivity index (χ2n) is 6.03. The number of nitrogens with one attached hydrogen (secondary N) is 1. The Hall–Kier alpha value is -1.79. The number of aromatic nitrogens is 1. The Labute approximate surface area is 155 Å². The predicted octanol–water partition coefficient (Wildman–Crippen LogP) is 3.55. The highest BCUT2D eigenvalue weighted by molar-refractivity contribution is 8.00. The van der Waals surface area contributed by atoms with Crippen LogP contribution in [0.1, 0.15) is 37.1 Å². The molecule has 26 heavy (non-hydrogen) atoms. The van der Waals surface area contributed by atoms with Crippen molar-refractivity contribution in [1.29, 1.82) is 5.26 Å². The quantitative estimate of drug-likeness (QED) is 0.516. The second-order valence-corrected chi connectivity index (χ2v) is 7.00. The zero-order chi connectivity index (χ0) is 19.7. The number of rotatable bonds is 9. The van der Waals surface area contributed by atoms with Crippen molar-refractivity contribution in [2.45, 2.75) is 38.4 Å². The van der Waals surface area contributed by atoms with Gasteiger partial charge in [0.1, 0.15) is 11.1 Å². The number of ether oxygens (including phenoxy) is 1. The summed E-state index contributed by atoms with van der Waals surface area (Å²) in [5.74, 6) is 0.0518. The van der Waals surface area contributed by atoms with E-state index in [4.69, 9.17) is 10.00 Å². The van der Waals surface area contributed by atoms with Gasteiger partial charge in [-0.05, 0) is 25.3 Å². The molecule has 0 saturated heterocycles. The summed E-state index contributed by atoms with van der Waals surface area (Å²) in [5, 5.41) is 11.6. The van der Waals surface area contributed by atoms with E-state index in [1.165, 1.54) is 6.92 Å². The highest BCUT2D eigenvalue weighted by Gasteiger charge is 2.35. The zero-order valence-corrected chi connectivity index (χ0v) is 15.8. The van der Waals surface area contributed by atoms with Crippen molar-refractivity contribution in [2.75, 3.05) is 25.5 Å². The monoisotopic (exact) mass is 389 g/mol. The van der Waals surface area contributed by atoms with Crippen LogP contribution in [0.3, 0.4) is 0 Å². The Bertz CT molecular complexity index is 658. The molecule has 1 rings (SSSR count). The summed E-state index contributed by atoms with van der Waals surface area (Å²) in [6.45, 7) is 6.88. The summed E-state index contributed by atoms with van der Waals surface area (Å²) in [6, 6.07) is 2.37. The molecule has 0 fully saturated rings. The summed E-state index contributed by atoms with van der Waals surface area (Å²) in [7, 11) is 0. The lowest BCUT2D eigenvalue weighted by Gasteiger charge is -2.12. The van der Waals surface area contributed by atoms with Crippen LogP contribution < -0.4 is 5.32 Å². The standard InChI is InChI=1S/C17H22F3N3O2S/c1-11(2)4-6-25-7-5-22-15(24)10-26-16-13(9-21)14(17(18,19)20)8-12(3)23-16/h8,11H,4-7,10H2,1-3H3,(H,22,24). The van der Waals surface area contributed by atoms with Crippen LogP contribution >= 0.6 is 11.8 Å². The smallest absolute Gasteiger partial charge is 0.380 e. The number of nitrogens with zero attached hydrogens (tertiary/aromatic N) is 2. The Balaban J connectivity index is 2.56. The summed E-state index contributed by atoms with van der Waals surface area (Å²) in [4.78, 5) is 15.8. The Morgan fingerprint density at radius 1 is 1.42 bits per heavy atom. The molecule has 5 nitrogen and oxygen atoms in total. The molecular formula is C17H22F3N3O2S. The van der Waals surface area contributed by atoms with E-state index >= 15 is 0 Å². The molecule has 0 aliphatic rings. The predicted molar refractivity (Wildman–Crippen MR) is 92.7 cm³/mol. The van der Waals surface area contributed by atoms with E-state index in [1.54, 1.807) is 6.07 Å². The molecule has 0 radical (unpaired) electrons. The fraction of sp³-hybridized carbons (Fsp3) is 0.588. The van der Waals surface area contributed by atoms with E-state index in [9.17, 15) is 18.0 Å². The lowest BCUT2D eigenvalue weighted by atomic mass is 10.1. The van der Waals surface area contributed by atoms with Crippen molar-refractivity contribution in [1.82, 2.24) is 10.3 Å². The minimum Gasteiger partial charge on any atom is -0.380 e. The van der Waals surface area contributed by atoms with Crippen LogP contribution in [0.25, 0.3) is 0 Å². The Kier molecular flexibility index (Phi) is 8.88. The van der Waals surface area contributed by atoms with E-state index in [0.717, 1.165) is 24.2 Å². The molecule has 1 aromatic rings. The van der Waals surface area contributed by atoms with Crippen LogP contribution in [-0.4, -0.2) is 36.4 Å². The number of pyridine rings is 1. The summed E-state index contributed by atoms with van der Waals surface area (Å²) in [5.41, 5.74) is -1.45. The zero-order valence-electron chi connectivity index (χ0n) is 14.9. The number of amides is 1. The van der Waals surface area contributed by atoms with Gasteiger partial charge in [-0.1, -0.05) is 25.6 Å². The molecule has 9 heteroatoms. The average Bonchev–Trinajstić information content (AvgIpc) is 2.54. The maximum atomic E-state index is 13.0. The topological polar surface area (TPSA) is 75.0 Å². The van der Waals surface area contributed by atoms with E-state index < -0.39 is 17.3 Å². The van der Waals surface area contributed by atoms with Crippen LogP contribution in [0.4, 0.5) is 13.2 Å². The average molecular weight is 389 g/mol. The molecule has 144 valence electrons. The van der Waals surface area contributed by atoms with Crippen LogP contribution in [0.2, 0.25) is 0 Å². The van der Waals surface area contributed by atoms with Crippen molar-refractivity contribution < 1.29 is 22.7 Å². The van der Waals surface area contributed by atoms with Gasteiger partial charge in [0.25, 0.3) is 0 Å². The third-order valence-corrected chi connectivity index (χ3v) is 4.25. The normalized spacial score (nSPS) is 11.5. The molecule has 0 bridgehead atoms. The van der Waals surface area contributed by atoms with Crippen LogP contribution in [0, 0.1) is 24.2 Å². The molecule has 0 aliphatic heterocycles. The first-order valence-electron chi connectivity index (χ1n) is 8.11. The molecule has 1 aromatic heterocycles. The van der Waals surface area contributed by atoms with Crippen molar-refractivity contribution in [3.05, 3.63) is 22.9 Å². The number of carbonyl (C=O) groups is 1. The number of hydrogen-bond donors (Lipinski definition) is 1.